The van der Waals surface area contributed by atoms with E-state index >= 15 is 0 Å². The molecule has 0 unspecified atom stereocenters. The molecule has 0 spiro atoms. The quantitative estimate of drug-likeness (QED) is 0.568. The molecule has 0 saturated heterocycles. The Morgan fingerprint density at radius 1 is 1.35 bits per heavy atom. The lowest BCUT2D eigenvalue weighted by atomic mass is 10.2. The summed E-state index contributed by atoms with van der Waals surface area (Å²) in [6.07, 6.45) is 0. The maximum Gasteiger partial charge on any atom is 0.270 e. The number of nitro benzene ring substituents is 1. The summed E-state index contributed by atoms with van der Waals surface area (Å²) in [5, 5.41) is 19.0. The summed E-state index contributed by atoms with van der Waals surface area (Å²) in [5.41, 5.74) is 0.0487. The van der Waals surface area contributed by atoms with Crippen molar-refractivity contribution in [3.8, 4) is 10.7 Å². The third-order valence-electron chi connectivity index (χ3n) is 2.93. The van der Waals surface area contributed by atoms with Gasteiger partial charge < -0.3 is 9.84 Å². The third-order valence-corrected chi connectivity index (χ3v) is 3.79. The molecular weight excluding hydrogens is 320 g/mol. The van der Waals surface area contributed by atoms with Crippen molar-refractivity contribution in [2.75, 3.05) is 0 Å². The number of benzene rings is 1. The Hall–Kier alpha value is -3.07. The summed E-state index contributed by atoms with van der Waals surface area (Å²) in [7, 11) is 0. The molecule has 1 amide bonds. The van der Waals surface area contributed by atoms with E-state index < -0.39 is 10.8 Å². The molecule has 0 atom stereocenters. The molecule has 2 aromatic heterocycles. The summed E-state index contributed by atoms with van der Waals surface area (Å²) < 4.78 is 5.06. The van der Waals surface area contributed by atoms with Gasteiger partial charge in [0.1, 0.15) is 0 Å². The van der Waals surface area contributed by atoms with E-state index in [-0.39, 0.29) is 23.7 Å². The minimum absolute atomic E-state index is 0.0416. The zero-order valence-corrected chi connectivity index (χ0v) is 12.4. The molecule has 0 bridgehead atoms. The number of amides is 1. The highest BCUT2D eigenvalue weighted by Crippen LogP contribution is 2.21. The number of nitrogens with one attached hydrogen (secondary N) is 1. The second-order valence-corrected chi connectivity index (χ2v) is 5.43. The summed E-state index contributed by atoms with van der Waals surface area (Å²) in [4.78, 5) is 27.2. The minimum Gasteiger partial charge on any atom is -0.343 e. The monoisotopic (exact) mass is 330 g/mol. The number of thiophene rings is 1. The van der Waals surface area contributed by atoms with Crippen LogP contribution in [0.5, 0.6) is 0 Å². The molecule has 2 heterocycles. The Morgan fingerprint density at radius 2 is 2.22 bits per heavy atom. The Labute approximate surface area is 133 Å². The number of hydrogen-bond donors (Lipinski definition) is 1. The number of aromatic nitrogens is 2. The molecular formula is C14H10N4O4S. The van der Waals surface area contributed by atoms with Crippen LogP contribution in [0.1, 0.15) is 16.2 Å². The van der Waals surface area contributed by atoms with E-state index in [1.54, 1.807) is 0 Å². The van der Waals surface area contributed by atoms with Crippen LogP contribution >= 0.6 is 11.3 Å². The summed E-state index contributed by atoms with van der Waals surface area (Å²) in [5.74, 6) is 0.261. The highest BCUT2D eigenvalue weighted by atomic mass is 32.1. The molecule has 0 aliphatic carbocycles. The van der Waals surface area contributed by atoms with Crippen LogP contribution < -0.4 is 5.32 Å². The molecule has 116 valence electrons. The number of hydrogen-bond acceptors (Lipinski definition) is 7. The number of rotatable bonds is 5. The van der Waals surface area contributed by atoms with Gasteiger partial charge >= 0.3 is 0 Å². The van der Waals surface area contributed by atoms with Crippen molar-refractivity contribution in [3.63, 3.8) is 0 Å². The van der Waals surface area contributed by atoms with Gasteiger partial charge in [-0.3, -0.25) is 14.9 Å². The first-order valence-electron chi connectivity index (χ1n) is 6.52. The zero-order chi connectivity index (χ0) is 16.2. The van der Waals surface area contributed by atoms with Crippen molar-refractivity contribution in [3.05, 3.63) is 63.3 Å². The second-order valence-electron chi connectivity index (χ2n) is 4.48. The van der Waals surface area contributed by atoms with Crippen molar-refractivity contribution >= 4 is 22.9 Å². The molecule has 23 heavy (non-hydrogen) atoms. The highest BCUT2D eigenvalue weighted by molar-refractivity contribution is 7.13. The number of carbonyl (C=O) groups is 1. The fourth-order valence-electron chi connectivity index (χ4n) is 1.85. The lowest BCUT2D eigenvalue weighted by Crippen LogP contribution is -2.23. The first-order valence-corrected chi connectivity index (χ1v) is 7.40. The van der Waals surface area contributed by atoms with Gasteiger partial charge in [0.25, 0.3) is 11.6 Å². The summed E-state index contributed by atoms with van der Waals surface area (Å²) in [6, 6.07) is 9.21. The molecule has 1 aromatic carbocycles. The van der Waals surface area contributed by atoms with Gasteiger partial charge in [0.05, 0.1) is 16.3 Å². The van der Waals surface area contributed by atoms with Crippen molar-refractivity contribution in [1.82, 2.24) is 15.5 Å². The van der Waals surface area contributed by atoms with Gasteiger partial charge in [-0.05, 0) is 17.5 Å². The SMILES string of the molecule is O=C(NCc1nc(-c2cccs2)no1)c1cccc([N+](=O)[O-])c1. The van der Waals surface area contributed by atoms with Crippen LogP contribution in [-0.4, -0.2) is 21.0 Å². The maximum absolute atomic E-state index is 12.0. The molecule has 1 N–H and O–H groups in total. The average molecular weight is 330 g/mol. The van der Waals surface area contributed by atoms with Crippen LogP contribution in [0.2, 0.25) is 0 Å². The third kappa shape index (κ3) is 3.40. The van der Waals surface area contributed by atoms with Crippen LogP contribution in [-0.2, 0) is 6.54 Å². The number of nitro groups is 1. The Bertz CT molecular complexity index is 844. The number of non-ortho nitro benzene ring substituents is 1. The number of carbonyl (C=O) groups excluding carboxylic acids is 1. The molecule has 0 aliphatic rings. The first-order chi connectivity index (χ1) is 11.1. The van der Waals surface area contributed by atoms with E-state index in [1.807, 2.05) is 17.5 Å². The van der Waals surface area contributed by atoms with E-state index in [2.05, 4.69) is 15.5 Å². The average Bonchev–Trinajstić information content (AvgIpc) is 3.23. The molecule has 3 rings (SSSR count). The van der Waals surface area contributed by atoms with Gasteiger partial charge in [-0.2, -0.15) is 4.98 Å². The highest BCUT2D eigenvalue weighted by Gasteiger charge is 2.13. The molecule has 0 radical (unpaired) electrons. The van der Waals surface area contributed by atoms with Gasteiger partial charge in [-0.15, -0.1) is 11.3 Å². The molecule has 9 heteroatoms. The van der Waals surface area contributed by atoms with E-state index in [1.165, 1.54) is 35.6 Å². The summed E-state index contributed by atoms with van der Waals surface area (Å²) in [6.45, 7) is 0.0416. The largest absolute Gasteiger partial charge is 0.343 e. The molecule has 0 aliphatic heterocycles. The fourth-order valence-corrected chi connectivity index (χ4v) is 2.50. The van der Waals surface area contributed by atoms with Gasteiger partial charge in [0.2, 0.25) is 11.7 Å². The van der Waals surface area contributed by atoms with E-state index in [0.717, 1.165) is 4.88 Å². The molecule has 8 nitrogen and oxygen atoms in total. The Kier molecular flexibility index (Phi) is 4.11. The lowest BCUT2D eigenvalue weighted by molar-refractivity contribution is -0.384. The van der Waals surface area contributed by atoms with Crippen molar-refractivity contribution < 1.29 is 14.2 Å². The van der Waals surface area contributed by atoms with Gasteiger partial charge in [-0.25, -0.2) is 0 Å². The second kappa shape index (κ2) is 6.36. The predicted molar refractivity (Wildman–Crippen MR) is 81.9 cm³/mol. The van der Waals surface area contributed by atoms with Gasteiger partial charge in [0.15, 0.2) is 0 Å². The lowest BCUT2D eigenvalue weighted by Gasteiger charge is -2.02. The van der Waals surface area contributed by atoms with E-state index in [0.29, 0.717) is 5.82 Å². The van der Waals surface area contributed by atoms with E-state index in [9.17, 15) is 14.9 Å². The zero-order valence-electron chi connectivity index (χ0n) is 11.6. The topological polar surface area (TPSA) is 111 Å². The van der Waals surface area contributed by atoms with Crippen molar-refractivity contribution in [2.24, 2.45) is 0 Å². The first kappa shape index (κ1) is 14.9. The van der Waals surface area contributed by atoms with Crippen LogP contribution in [0.3, 0.4) is 0 Å². The van der Waals surface area contributed by atoms with Crippen molar-refractivity contribution in [2.45, 2.75) is 6.54 Å². The predicted octanol–water partition coefficient (Wildman–Crippen LogP) is 2.64. The van der Waals surface area contributed by atoms with Crippen LogP contribution in [0.25, 0.3) is 10.7 Å². The standard InChI is InChI=1S/C14H10N4O4S/c19-14(9-3-1-4-10(7-9)18(20)21)15-8-12-16-13(17-22-12)11-5-2-6-23-11/h1-7H,8H2,(H,15,19). The molecule has 0 fully saturated rings. The van der Waals surface area contributed by atoms with Crippen LogP contribution in [0, 0.1) is 10.1 Å². The summed E-state index contributed by atoms with van der Waals surface area (Å²) >= 11 is 1.48. The van der Waals surface area contributed by atoms with Crippen LogP contribution in [0.15, 0.2) is 46.3 Å². The van der Waals surface area contributed by atoms with Gasteiger partial charge in [0, 0.05) is 17.7 Å². The van der Waals surface area contributed by atoms with Crippen molar-refractivity contribution in [1.29, 1.82) is 0 Å². The maximum atomic E-state index is 12.0. The molecule has 3 aromatic rings. The van der Waals surface area contributed by atoms with Gasteiger partial charge in [-0.1, -0.05) is 17.3 Å². The Morgan fingerprint density at radius 3 is 2.96 bits per heavy atom. The normalized spacial score (nSPS) is 10.4. The minimum atomic E-state index is -0.553. The Balaban J connectivity index is 1.65. The fraction of sp³-hybridized carbons (Fsp3) is 0.0714. The molecule has 0 saturated carbocycles. The number of nitrogens with zero attached hydrogens (tertiary/aromatic N) is 3. The van der Waals surface area contributed by atoms with Crippen LogP contribution in [0.4, 0.5) is 5.69 Å². The van der Waals surface area contributed by atoms with E-state index in [4.69, 9.17) is 4.52 Å². The smallest absolute Gasteiger partial charge is 0.270 e.